The maximum atomic E-state index is 12.8. The first-order valence-corrected chi connectivity index (χ1v) is 8.34. The third kappa shape index (κ3) is 3.26. The molecule has 1 aliphatic heterocycles. The first-order chi connectivity index (χ1) is 11.5. The van der Waals surface area contributed by atoms with Crippen LogP contribution in [-0.2, 0) is 24.2 Å². The van der Waals surface area contributed by atoms with Crippen LogP contribution in [0.1, 0.15) is 32.5 Å². The van der Waals surface area contributed by atoms with E-state index in [1.54, 1.807) is 11.8 Å². The summed E-state index contributed by atoms with van der Waals surface area (Å²) in [5.74, 6) is -0.425. The van der Waals surface area contributed by atoms with Gasteiger partial charge in [-0.3, -0.25) is 4.79 Å². The molecule has 2 aromatic rings. The summed E-state index contributed by atoms with van der Waals surface area (Å²) < 4.78 is 32.3. The number of alkyl halides is 2. The van der Waals surface area contributed by atoms with Gasteiger partial charge in [-0.2, -0.15) is 0 Å². The SMILES string of the molecule is COCCn1nnc2c1CCN(C(=O)c1nc(Cl)c(C(F)F)s1)C2. The lowest BCUT2D eigenvalue weighted by Crippen LogP contribution is -2.36. The van der Waals surface area contributed by atoms with E-state index in [9.17, 15) is 13.6 Å². The smallest absolute Gasteiger partial charge is 0.283 e. The van der Waals surface area contributed by atoms with Crippen molar-refractivity contribution in [1.82, 2.24) is 24.9 Å². The van der Waals surface area contributed by atoms with Crippen molar-refractivity contribution >= 4 is 28.8 Å². The second-order valence-electron chi connectivity index (χ2n) is 5.15. The van der Waals surface area contributed by atoms with Gasteiger partial charge >= 0.3 is 0 Å². The predicted molar refractivity (Wildman–Crippen MR) is 82.4 cm³/mol. The van der Waals surface area contributed by atoms with E-state index in [4.69, 9.17) is 16.3 Å². The van der Waals surface area contributed by atoms with Crippen LogP contribution in [-0.4, -0.2) is 51.0 Å². The van der Waals surface area contributed by atoms with Crippen molar-refractivity contribution in [3.8, 4) is 0 Å². The monoisotopic (exact) mass is 377 g/mol. The van der Waals surface area contributed by atoms with E-state index >= 15 is 0 Å². The van der Waals surface area contributed by atoms with E-state index < -0.39 is 12.3 Å². The van der Waals surface area contributed by atoms with Crippen molar-refractivity contribution in [2.75, 3.05) is 20.3 Å². The molecule has 0 saturated carbocycles. The number of carbonyl (C=O) groups excluding carboxylic acids is 1. The lowest BCUT2D eigenvalue weighted by atomic mass is 10.1. The quantitative estimate of drug-likeness (QED) is 0.798. The number of halogens is 3. The van der Waals surface area contributed by atoms with Crippen molar-refractivity contribution in [3.63, 3.8) is 0 Å². The summed E-state index contributed by atoms with van der Waals surface area (Å²) in [4.78, 5) is 17.4. The molecule has 2 aromatic heterocycles. The highest BCUT2D eigenvalue weighted by Crippen LogP contribution is 2.33. The summed E-state index contributed by atoms with van der Waals surface area (Å²) in [5.41, 5.74) is 1.66. The molecule has 11 heteroatoms. The number of hydrogen-bond donors (Lipinski definition) is 0. The fourth-order valence-corrected chi connectivity index (χ4v) is 3.58. The molecule has 0 unspecified atom stereocenters. The average molecular weight is 378 g/mol. The molecule has 1 amide bonds. The molecule has 0 aliphatic carbocycles. The van der Waals surface area contributed by atoms with Gasteiger partial charge in [0.1, 0.15) is 15.7 Å². The van der Waals surface area contributed by atoms with Crippen LogP contribution < -0.4 is 0 Å². The lowest BCUT2D eigenvalue weighted by Gasteiger charge is -2.25. The van der Waals surface area contributed by atoms with Gasteiger partial charge in [0.2, 0.25) is 0 Å². The number of thiazole rings is 1. The molecule has 1 aliphatic rings. The number of amides is 1. The van der Waals surface area contributed by atoms with Crippen LogP contribution in [0.25, 0.3) is 0 Å². The molecular formula is C13H14ClF2N5O2S. The van der Waals surface area contributed by atoms with Gasteiger partial charge in [-0.15, -0.1) is 16.4 Å². The number of hydrogen-bond acceptors (Lipinski definition) is 6. The van der Waals surface area contributed by atoms with E-state index in [0.29, 0.717) is 43.1 Å². The molecule has 0 N–H and O–H groups in total. The molecule has 0 spiro atoms. The lowest BCUT2D eigenvalue weighted by molar-refractivity contribution is 0.0730. The van der Waals surface area contributed by atoms with Gasteiger partial charge in [-0.05, 0) is 0 Å². The van der Waals surface area contributed by atoms with E-state index in [0.717, 1.165) is 5.69 Å². The topological polar surface area (TPSA) is 73.1 Å². The highest BCUT2D eigenvalue weighted by atomic mass is 35.5. The van der Waals surface area contributed by atoms with Crippen LogP contribution >= 0.6 is 22.9 Å². The number of methoxy groups -OCH3 is 1. The Morgan fingerprint density at radius 3 is 2.96 bits per heavy atom. The Labute approximate surface area is 145 Å². The van der Waals surface area contributed by atoms with Crippen LogP contribution in [0.15, 0.2) is 0 Å². The molecule has 3 heterocycles. The van der Waals surface area contributed by atoms with Crippen LogP contribution in [0.3, 0.4) is 0 Å². The maximum absolute atomic E-state index is 12.8. The number of aromatic nitrogens is 4. The number of ether oxygens (including phenoxy) is 1. The fourth-order valence-electron chi connectivity index (χ4n) is 2.47. The second-order valence-corrected chi connectivity index (χ2v) is 6.54. The number of carbonyl (C=O) groups is 1. The standard InChI is InChI=1S/C13H14ClF2N5O2S/c1-23-5-4-21-8-2-3-20(6-7(8)18-19-21)13(22)12-17-10(14)9(24-12)11(15)16/h11H,2-6H2,1H3. The Hall–Kier alpha value is -1.65. The summed E-state index contributed by atoms with van der Waals surface area (Å²) in [6.45, 7) is 1.81. The van der Waals surface area contributed by atoms with Crippen LogP contribution in [0.5, 0.6) is 0 Å². The third-order valence-corrected chi connectivity index (χ3v) is 5.11. The van der Waals surface area contributed by atoms with E-state index in [2.05, 4.69) is 15.3 Å². The third-order valence-electron chi connectivity index (χ3n) is 3.66. The van der Waals surface area contributed by atoms with Crippen LogP contribution in [0.2, 0.25) is 5.15 Å². The first-order valence-electron chi connectivity index (χ1n) is 7.15. The van der Waals surface area contributed by atoms with Crippen molar-refractivity contribution in [1.29, 1.82) is 0 Å². The van der Waals surface area contributed by atoms with Gasteiger partial charge < -0.3 is 9.64 Å². The summed E-state index contributed by atoms with van der Waals surface area (Å²) >= 11 is 6.29. The minimum atomic E-state index is -2.75. The second kappa shape index (κ2) is 7.08. The van der Waals surface area contributed by atoms with Gasteiger partial charge in [0, 0.05) is 20.1 Å². The summed E-state index contributed by atoms with van der Waals surface area (Å²) in [6, 6.07) is 0. The summed E-state index contributed by atoms with van der Waals surface area (Å²) in [5, 5.41) is 7.79. The molecule has 3 rings (SSSR count). The molecule has 0 fully saturated rings. The maximum Gasteiger partial charge on any atom is 0.283 e. The summed E-state index contributed by atoms with van der Waals surface area (Å²) in [7, 11) is 1.61. The van der Waals surface area contributed by atoms with E-state index in [1.165, 1.54) is 4.90 Å². The Balaban J connectivity index is 1.74. The Bertz CT molecular complexity index is 751. The Morgan fingerprint density at radius 2 is 2.29 bits per heavy atom. The van der Waals surface area contributed by atoms with Crippen molar-refractivity contribution < 1.29 is 18.3 Å². The van der Waals surface area contributed by atoms with Crippen molar-refractivity contribution in [2.24, 2.45) is 0 Å². The zero-order valence-electron chi connectivity index (χ0n) is 12.7. The Morgan fingerprint density at radius 1 is 1.50 bits per heavy atom. The number of rotatable bonds is 5. The molecule has 7 nitrogen and oxygen atoms in total. The highest BCUT2D eigenvalue weighted by Gasteiger charge is 2.29. The molecule has 0 radical (unpaired) electrons. The number of fused-ring (bicyclic) bond motifs is 1. The average Bonchev–Trinajstić information content (AvgIpc) is 3.15. The van der Waals surface area contributed by atoms with Gasteiger partial charge in [0.25, 0.3) is 12.3 Å². The molecule has 0 saturated heterocycles. The number of nitrogens with zero attached hydrogens (tertiary/aromatic N) is 5. The van der Waals surface area contributed by atoms with Gasteiger partial charge in [-0.1, -0.05) is 16.8 Å². The van der Waals surface area contributed by atoms with Crippen molar-refractivity contribution in [3.05, 3.63) is 26.4 Å². The summed E-state index contributed by atoms with van der Waals surface area (Å²) in [6.07, 6.45) is -2.16. The van der Waals surface area contributed by atoms with Crippen molar-refractivity contribution in [2.45, 2.75) is 25.9 Å². The Kier molecular flexibility index (Phi) is 5.07. The minimum absolute atomic E-state index is 0.0366. The van der Waals surface area contributed by atoms with Crippen LogP contribution in [0.4, 0.5) is 8.78 Å². The molecule has 0 bridgehead atoms. The zero-order chi connectivity index (χ0) is 17.3. The normalized spacial score (nSPS) is 14.3. The van der Waals surface area contributed by atoms with Gasteiger partial charge in [0.15, 0.2) is 5.01 Å². The van der Waals surface area contributed by atoms with E-state index in [-0.39, 0.29) is 21.6 Å². The minimum Gasteiger partial charge on any atom is -0.383 e. The first kappa shape index (κ1) is 17.2. The molecule has 0 atom stereocenters. The van der Waals surface area contributed by atoms with Crippen LogP contribution in [0, 0.1) is 0 Å². The highest BCUT2D eigenvalue weighted by molar-refractivity contribution is 7.14. The molecule has 130 valence electrons. The predicted octanol–water partition coefficient (Wildman–Crippen LogP) is 2.17. The largest absolute Gasteiger partial charge is 0.383 e. The van der Waals surface area contributed by atoms with Gasteiger partial charge in [-0.25, -0.2) is 18.4 Å². The fraction of sp³-hybridized carbons (Fsp3) is 0.538. The van der Waals surface area contributed by atoms with Gasteiger partial charge in [0.05, 0.1) is 25.4 Å². The molecule has 24 heavy (non-hydrogen) atoms. The van der Waals surface area contributed by atoms with E-state index in [1.807, 2.05) is 0 Å². The molecule has 0 aromatic carbocycles. The molecular weight excluding hydrogens is 364 g/mol. The zero-order valence-corrected chi connectivity index (χ0v) is 14.3.